The fourth-order valence-electron chi connectivity index (χ4n) is 4.95. The van der Waals surface area contributed by atoms with E-state index in [-0.39, 0.29) is 92.2 Å². The molecule has 0 radical (unpaired) electrons. The van der Waals surface area contributed by atoms with Crippen LogP contribution >= 0.6 is 90.4 Å². The minimum Gasteiger partial charge on any atom is -0.870 e. The van der Waals surface area contributed by atoms with Crippen LogP contribution in [-0.4, -0.2) is 31.2 Å². The normalized spacial score (nSPS) is 34.7. The van der Waals surface area contributed by atoms with E-state index in [9.17, 15) is 14.7 Å². The quantitative estimate of drug-likeness (QED) is 0.145. The van der Waals surface area contributed by atoms with E-state index >= 15 is 0 Å². The summed E-state index contributed by atoms with van der Waals surface area (Å²) in [7, 11) is 0. The van der Waals surface area contributed by atoms with Crippen LogP contribution < -0.4 is 64.2 Å². The standard InChI is InChI=1S/C20H19I4O4.2Na.H2O/c21-8-5-11-15(9-3-1-2-4-10(9)20(26)27)12-7-13(22)17(25)16(24)19(12)28-18(11)14(23)6-8;;;/h6-11,14,18H,1-5H2,(H,26,27);;;1H2/q-1;2*+1;/p-2. The first-order chi connectivity index (χ1) is 13.3. The number of carbonyl (C=O) groups is 2. The van der Waals surface area contributed by atoms with Gasteiger partial charge in [-0.3, -0.25) is 11.2 Å². The topological polar surface area (TPSA) is 96.4 Å². The van der Waals surface area contributed by atoms with Crippen LogP contribution in [-0.2, 0) is 14.3 Å². The fraction of sp³-hybridized carbons (Fsp3) is 0.550. The number of allylic oxidation sites excluding steroid dienone is 3. The van der Waals surface area contributed by atoms with Gasteiger partial charge < -0.3 is 20.1 Å². The van der Waals surface area contributed by atoms with Gasteiger partial charge in [-0.25, -0.2) is 0 Å². The summed E-state index contributed by atoms with van der Waals surface area (Å²) in [6, 6.07) is 0. The summed E-state index contributed by atoms with van der Waals surface area (Å²) in [5.41, 5.74) is 2.16. The van der Waals surface area contributed by atoms with Crippen LogP contribution in [0.1, 0.15) is 32.1 Å². The maximum atomic E-state index is 12.6. The van der Waals surface area contributed by atoms with E-state index in [0.29, 0.717) is 23.3 Å². The maximum absolute atomic E-state index is 12.6. The molecule has 5 nitrogen and oxygen atoms in total. The van der Waals surface area contributed by atoms with Gasteiger partial charge in [-0.2, -0.15) is 0 Å². The Balaban J connectivity index is 0.00000160. The van der Waals surface area contributed by atoms with E-state index in [1.165, 1.54) is 5.57 Å². The zero-order chi connectivity index (χ0) is 20.2. The van der Waals surface area contributed by atoms with Crippen molar-refractivity contribution in [3.05, 3.63) is 36.6 Å². The Hall–Kier alpha value is 3.04. The summed E-state index contributed by atoms with van der Waals surface area (Å²) in [6.07, 6.45) is 8.64. The minimum absolute atomic E-state index is 0. The third-order valence-corrected chi connectivity index (χ3v) is 9.97. The van der Waals surface area contributed by atoms with Gasteiger partial charge in [0.05, 0.1) is 9.68 Å². The number of ketones is 1. The van der Waals surface area contributed by atoms with Crippen LogP contribution in [0, 0.1) is 24.2 Å². The molecule has 0 aromatic heterocycles. The monoisotopic (exact) mass is 893 g/mol. The zero-order valence-corrected chi connectivity index (χ0v) is 29.9. The number of halogens is 4. The molecule has 3 aliphatic carbocycles. The first kappa shape index (κ1) is 32.1. The van der Waals surface area contributed by atoms with Gasteiger partial charge in [0.2, 0.25) is 5.78 Å². The van der Waals surface area contributed by atoms with Crippen molar-refractivity contribution in [3.8, 4) is 0 Å². The predicted molar refractivity (Wildman–Crippen MR) is 140 cm³/mol. The van der Waals surface area contributed by atoms with Crippen molar-refractivity contribution in [2.45, 2.75) is 46.1 Å². The first-order valence-electron chi connectivity index (χ1n) is 9.36. The van der Waals surface area contributed by atoms with Gasteiger partial charge in [0.15, 0.2) is 0 Å². The molecule has 1 aliphatic heterocycles. The number of rotatable bonds is 2. The van der Waals surface area contributed by atoms with Gasteiger partial charge in [-0.05, 0) is 75.6 Å². The van der Waals surface area contributed by atoms with Gasteiger partial charge in [0, 0.05) is 23.4 Å². The second kappa shape index (κ2) is 13.5. The van der Waals surface area contributed by atoms with E-state index in [1.807, 2.05) is 6.08 Å². The van der Waals surface area contributed by atoms with E-state index in [2.05, 4.69) is 96.8 Å². The van der Waals surface area contributed by atoms with Gasteiger partial charge in [0.25, 0.3) is 0 Å². The number of carboxylic acid groups (broad SMARTS) is 1. The van der Waals surface area contributed by atoms with Crippen LogP contribution in [0.4, 0.5) is 0 Å². The fourth-order valence-corrected chi connectivity index (χ4v) is 9.69. The molecule has 11 heteroatoms. The van der Waals surface area contributed by atoms with E-state index in [4.69, 9.17) is 4.74 Å². The summed E-state index contributed by atoms with van der Waals surface area (Å²) < 4.78 is 8.36. The Kier molecular flexibility index (Phi) is 14.0. The third-order valence-electron chi connectivity index (χ3n) is 6.15. The van der Waals surface area contributed by atoms with Crippen LogP contribution in [0.15, 0.2) is 30.1 Å². The average molecular weight is 893 g/mol. The molecule has 0 amide bonds. The number of Topliss-reactive ketones (excluding diaryl/α,β-unsaturated/α-hetero) is 1. The number of hydrogen-bond acceptors (Lipinski definition) is 5. The Morgan fingerprint density at radius 2 is 1.77 bits per heavy atom. The molecule has 6 atom stereocenters. The van der Waals surface area contributed by atoms with Crippen molar-refractivity contribution in [2.24, 2.45) is 17.8 Å². The average Bonchev–Trinajstić information content (AvgIpc) is 2.65. The van der Waals surface area contributed by atoms with E-state index < -0.39 is 11.9 Å². The molecule has 4 rings (SSSR count). The second-order valence-electron chi connectivity index (χ2n) is 7.73. The molecule has 0 aromatic rings. The first-order valence-corrected chi connectivity index (χ1v) is 14.0. The molecule has 6 unspecified atom stereocenters. The van der Waals surface area contributed by atoms with Gasteiger partial charge in [-0.15, -0.1) is 49.1 Å². The number of carbonyl (C=O) groups excluding carboxylic acids is 2. The van der Waals surface area contributed by atoms with Crippen LogP contribution in [0.2, 0.25) is 0 Å². The minimum atomic E-state index is -0.939. The molecule has 2 fully saturated rings. The van der Waals surface area contributed by atoms with Crippen molar-refractivity contribution >= 4 is 102 Å². The smallest absolute Gasteiger partial charge is 0.870 e. The summed E-state index contributed by atoms with van der Waals surface area (Å²) >= 11 is 9.07. The Morgan fingerprint density at radius 3 is 2.42 bits per heavy atom. The van der Waals surface area contributed by atoms with E-state index in [0.717, 1.165) is 31.3 Å². The molecule has 4 aliphatic rings. The van der Waals surface area contributed by atoms with Crippen molar-refractivity contribution in [1.29, 1.82) is 0 Å². The molecule has 0 bridgehead atoms. The summed E-state index contributed by atoms with van der Waals surface area (Å²) in [6.45, 7) is 0. The SMILES string of the molecule is O=C1C(I)=CC2=C(C3CCCCC3C(=O)[O-])C3CC(I)[CH-]C(I)C3OC2=C1I.[Na+].[Na+].[OH-]. The molecular weight excluding hydrogens is 874 g/mol. The number of aliphatic carboxylic acids is 1. The van der Waals surface area contributed by atoms with E-state index in [1.54, 1.807) is 0 Å². The third kappa shape index (κ3) is 6.49. The molecular formula is C20H19I4Na2O5-. The number of alkyl halides is 2. The summed E-state index contributed by atoms with van der Waals surface area (Å²) in [4.78, 5) is 24.5. The molecule has 31 heavy (non-hydrogen) atoms. The Labute approximate surface area is 281 Å². The second-order valence-corrected chi connectivity index (χ2v) is 13.0. The number of ether oxygens (including phenoxy) is 1. The largest absolute Gasteiger partial charge is 1.00 e. The van der Waals surface area contributed by atoms with Crippen LogP contribution in [0.3, 0.4) is 0 Å². The van der Waals surface area contributed by atoms with Crippen molar-refractivity contribution in [3.63, 3.8) is 0 Å². The van der Waals surface area contributed by atoms with Crippen LogP contribution in [0.25, 0.3) is 0 Å². The Morgan fingerprint density at radius 1 is 1.13 bits per heavy atom. The number of hydrogen-bond donors (Lipinski definition) is 0. The molecule has 0 saturated heterocycles. The zero-order valence-electron chi connectivity index (χ0n) is 17.2. The number of carboxylic acids is 1. The molecule has 1 N–H and O–H groups in total. The number of fused-ring (bicyclic) bond motifs is 2. The van der Waals surface area contributed by atoms with Crippen molar-refractivity contribution in [2.75, 3.05) is 0 Å². The molecule has 160 valence electrons. The predicted octanol–water partition coefficient (Wildman–Crippen LogP) is -1.55. The molecule has 0 spiro atoms. The van der Waals surface area contributed by atoms with Gasteiger partial charge in [0.1, 0.15) is 9.34 Å². The van der Waals surface area contributed by atoms with Crippen LogP contribution in [0.5, 0.6) is 0 Å². The summed E-state index contributed by atoms with van der Waals surface area (Å²) in [5, 5.41) is 12.0. The van der Waals surface area contributed by atoms with Crippen molar-refractivity contribution in [1.82, 2.24) is 0 Å². The van der Waals surface area contributed by atoms with Gasteiger partial charge >= 0.3 is 59.1 Å². The molecule has 2 saturated carbocycles. The van der Waals surface area contributed by atoms with Crippen molar-refractivity contribution < 1.29 is 84.0 Å². The maximum Gasteiger partial charge on any atom is 1.00 e. The molecule has 0 aromatic carbocycles. The Bertz CT molecular complexity index is 828. The van der Waals surface area contributed by atoms with Gasteiger partial charge in [-0.1, -0.05) is 23.2 Å². The summed E-state index contributed by atoms with van der Waals surface area (Å²) in [5.74, 6) is -0.602. The molecule has 1 heterocycles.